The smallest absolute Gasteiger partial charge is 0.303 e. The molecule has 3 nitrogen and oxygen atoms in total. The third-order valence-electron chi connectivity index (χ3n) is 3.31. The molecule has 0 saturated carbocycles. The van der Waals surface area contributed by atoms with Crippen molar-refractivity contribution in [3.8, 4) is 0 Å². The van der Waals surface area contributed by atoms with Gasteiger partial charge in [-0.2, -0.15) is 0 Å². The first kappa shape index (κ1) is 21.7. The Morgan fingerprint density at radius 1 is 0.700 bits per heavy atom. The highest BCUT2D eigenvalue weighted by Crippen LogP contribution is 2.11. The molecule has 20 heavy (non-hydrogen) atoms. The second-order valence-corrected chi connectivity index (χ2v) is 5.36. The molecule has 2 N–H and O–H groups in total. The Kier molecular flexibility index (Phi) is 22.5. The lowest BCUT2D eigenvalue weighted by Crippen LogP contribution is -1.86. The van der Waals surface area contributed by atoms with E-state index in [9.17, 15) is 4.79 Å². The van der Waals surface area contributed by atoms with Gasteiger partial charge in [0.2, 0.25) is 0 Å². The molecule has 0 aromatic heterocycles. The van der Waals surface area contributed by atoms with E-state index in [1.807, 2.05) is 0 Å². The fourth-order valence-corrected chi connectivity index (χ4v) is 1.95. The third-order valence-corrected chi connectivity index (χ3v) is 3.31. The molecule has 0 spiro atoms. The maximum absolute atomic E-state index is 9.37. The van der Waals surface area contributed by atoms with Crippen molar-refractivity contribution in [2.45, 2.75) is 97.3 Å². The summed E-state index contributed by atoms with van der Waals surface area (Å²) in [4.78, 5) is 9.37. The molecule has 0 bridgehead atoms. The number of hydrogen-bond donors (Lipinski definition) is 2. The van der Waals surface area contributed by atoms with Crippen LogP contribution in [0, 0.1) is 0 Å². The van der Waals surface area contributed by atoms with Gasteiger partial charge in [-0.25, -0.2) is 0 Å². The highest BCUT2D eigenvalue weighted by Gasteiger charge is 1.92. The predicted octanol–water partition coefficient (Wildman–Crippen LogP) is 5.16. The maximum atomic E-state index is 9.37. The Balaban J connectivity index is 0. The lowest BCUT2D eigenvalue weighted by atomic mass is 10.1. The van der Waals surface area contributed by atoms with E-state index >= 15 is 0 Å². The van der Waals surface area contributed by atoms with Gasteiger partial charge in [-0.1, -0.05) is 84.5 Å². The van der Waals surface area contributed by atoms with E-state index < -0.39 is 5.97 Å². The van der Waals surface area contributed by atoms with Crippen molar-refractivity contribution in [2.24, 2.45) is 0 Å². The summed E-state index contributed by atoms with van der Waals surface area (Å²) >= 11 is 0. The average molecular weight is 288 g/mol. The fourth-order valence-electron chi connectivity index (χ4n) is 1.95. The van der Waals surface area contributed by atoms with Crippen LogP contribution in [0.2, 0.25) is 0 Å². The van der Waals surface area contributed by atoms with E-state index in [-0.39, 0.29) is 6.42 Å². The van der Waals surface area contributed by atoms with Gasteiger partial charge in [0, 0.05) is 13.0 Å². The van der Waals surface area contributed by atoms with Gasteiger partial charge in [-0.05, 0) is 6.42 Å². The zero-order valence-electron chi connectivity index (χ0n) is 13.7. The summed E-state index contributed by atoms with van der Waals surface area (Å²) in [7, 11) is 0. The molecule has 0 fully saturated rings. The molecule has 0 atom stereocenters. The van der Waals surface area contributed by atoms with Crippen LogP contribution in [0.1, 0.15) is 97.3 Å². The highest BCUT2D eigenvalue weighted by molar-refractivity contribution is 5.66. The van der Waals surface area contributed by atoms with Gasteiger partial charge in [0.15, 0.2) is 0 Å². The molecule has 0 aromatic carbocycles. The standard InChI is InChI=1S/C14H30O.C3H6O2/c1-2-3-4-5-6-7-8-9-10-11-12-13-14-15;1-2-3(4)5/h15H,2-14H2,1H3;2H2,1H3,(H,4,5). The van der Waals surface area contributed by atoms with Gasteiger partial charge in [-0.15, -0.1) is 0 Å². The van der Waals surface area contributed by atoms with E-state index in [1.165, 1.54) is 70.6 Å². The lowest BCUT2D eigenvalue weighted by molar-refractivity contribution is -0.136. The first-order chi connectivity index (χ1) is 9.68. The van der Waals surface area contributed by atoms with Gasteiger partial charge >= 0.3 is 5.97 Å². The predicted molar refractivity (Wildman–Crippen MR) is 86.1 cm³/mol. The average Bonchev–Trinajstić information content (AvgIpc) is 2.45. The maximum Gasteiger partial charge on any atom is 0.303 e. The number of carboxylic acid groups (broad SMARTS) is 1. The first-order valence-corrected chi connectivity index (χ1v) is 8.51. The summed E-state index contributed by atoms with van der Waals surface area (Å²) < 4.78 is 0. The summed E-state index contributed by atoms with van der Waals surface area (Å²) in [6.45, 7) is 4.24. The molecule has 0 heterocycles. The minimum atomic E-state index is -0.745. The summed E-state index contributed by atoms with van der Waals surface area (Å²) in [6.07, 6.45) is 16.5. The topological polar surface area (TPSA) is 57.5 Å². The van der Waals surface area contributed by atoms with Crippen molar-refractivity contribution in [1.82, 2.24) is 0 Å². The molecule has 0 saturated heterocycles. The van der Waals surface area contributed by atoms with Crippen LogP contribution in [0.5, 0.6) is 0 Å². The Morgan fingerprint density at radius 3 is 1.25 bits per heavy atom. The minimum absolute atomic E-state index is 0.222. The Bertz CT molecular complexity index is 169. The van der Waals surface area contributed by atoms with Crippen LogP contribution >= 0.6 is 0 Å². The molecule has 0 aliphatic carbocycles. The molecule has 0 rings (SSSR count). The molecular weight excluding hydrogens is 252 g/mol. The molecule has 0 aliphatic heterocycles. The summed E-state index contributed by atoms with van der Waals surface area (Å²) in [5.74, 6) is -0.745. The molecular formula is C17H36O3. The molecule has 0 amide bonds. The van der Waals surface area contributed by atoms with Crippen molar-refractivity contribution >= 4 is 5.97 Å². The zero-order valence-corrected chi connectivity index (χ0v) is 13.7. The van der Waals surface area contributed by atoms with Crippen LogP contribution in [0.4, 0.5) is 0 Å². The fraction of sp³-hybridized carbons (Fsp3) is 0.941. The van der Waals surface area contributed by atoms with Crippen LogP contribution in [0.25, 0.3) is 0 Å². The van der Waals surface area contributed by atoms with Gasteiger partial charge in [0.25, 0.3) is 0 Å². The number of hydrogen-bond acceptors (Lipinski definition) is 2. The Morgan fingerprint density at radius 2 is 1.00 bits per heavy atom. The van der Waals surface area contributed by atoms with Gasteiger partial charge in [0.05, 0.1) is 0 Å². The van der Waals surface area contributed by atoms with E-state index in [4.69, 9.17) is 10.2 Å². The van der Waals surface area contributed by atoms with Crippen molar-refractivity contribution < 1.29 is 15.0 Å². The number of aliphatic hydroxyl groups is 1. The van der Waals surface area contributed by atoms with Crippen molar-refractivity contribution in [2.75, 3.05) is 6.61 Å². The van der Waals surface area contributed by atoms with Crippen LogP contribution in [-0.2, 0) is 4.79 Å². The first-order valence-electron chi connectivity index (χ1n) is 8.51. The van der Waals surface area contributed by atoms with Crippen molar-refractivity contribution in [3.63, 3.8) is 0 Å². The quantitative estimate of drug-likeness (QED) is 0.460. The second-order valence-electron chi connectivity index (χ2n) is 5.36. The van der Waals surface area contributed by atoms with Crippen LogP contribution < -0.4 is 0 Å². The summed E-state index contributed by atoms with van der Waals surface area (Å²) in [5.41, 5.74) is 0. The second kappa shape index (κ2) is 20.7. The van der Waals surface area contributed by atoms with Crippen LogP contribution in [0.3, 0.4) is 0 Å². The summed E-state index contributed by atoms with van der Waals surface area (Å²) in [6, 6.07) is 0. The minimum Gasteiger partial charge on any atom is -0.481 e. The number of aliphatic carboxylic acids is 1. The summed E-state index contributed by atoms with van der Waals surface area (Å²) in [5, 5.41) is 16.3. The number of carboxylic acids is 1. The zero-order chi connectivity index (χ0) is 15.5. The van der Waals surface area contributed by atoms with Crippen molar-refractivity contribution in [3.05, 3.63) is 0 Å². The highest BCUT2D eigenvalue weighted by atomic mass is 16.4. The molecule has 0 aromatic rings. The SMILES string of the molecule is CCC(=O)O.CCCCCCCCCCCCCCO. The van der Waals surface area contributed by atoms with Gasteiger partial charge in [0.1, 0.15) is 0 Å². The van der Waals surface area contributed by atoms with E-state index in [2.05, 4.69) is 6.92 Å². The third kappa shape index (κ3) is 26.1. The number of unbranched alkanes of at least 4 members (excludes halogenated alkanes) is 11. The van der Waals surface area contributed by atoms with E-state index in [0.717, 1.165) is 6.42 Å². The Labute approximate surface area is 125 Å². The van der Waals surface area contributed by atoms with E-state index in [0.29, 0.717) is 6.61 Å². The number of carbonyl (C=O) groups is 1. The molecule has 122 valence electrons. The molecule has 3 heteroatoms. The number of rotatable bonds is 13. The molecule has 0 unspecified atom stereocenters. The van der Waals surface area contributed by atoms with Crippen LogP contribution in [0.15, 0.2) is 0 Å². The lowest BCUT2D eigenvalue weighted by Gasteiger charge is -2.01. The van der Waals surface area contributed by atoms with E-state index in [1.54, 1.807) is 6.92 Å². The van der Waals surface area contributed by atoms with Crippen LogP contribution in [-0.4, -0.2) is 22.8 Å². The van der Waals surface area contributed by atoms with Gasteiger partial charge in [-0.3, -0.25) is 4.79 Å². The normalized spacial score (nSPS) is 9.95. The molecule has 0 aliphatic rings. The number of aliphatic hydroxyl groups excluding tert-OH is 1. The largest absolute Gasteiger partial charge is 0.481 e. The van der Waals surface area contributed by atoms with Gasteiger partial charge < -0.3 is 10.2 Å². The Hall–Kier alpha value is -0.570. The monoisotopic (exact) mass is 288 g/mol. The molecule has 0 radical (unpaired) electrons. The van der Waals surface area contributed by atoms with Crippen molar-refractivity contribution in [1.29, 1.82) is 0 Å².